The van der Waals surface area contributed by atoms with Crippen molar-refractivity contribution in [1.29, 1.82) is 10.5 Å². The van der Waals surface area contributed by atoms with Crippen molar-refractivity contribution in [3.63, 3.8) is 0 Å². The Labute approximate surface area is 762 Å². The van der Waals surface area contributed by atoms with E-state index in [2.05, 4.69) is 215 Å². The molecule has 13 aromatic rings. The van der Waals surface area contributed by atoms with Crippen LogP contribution in [0.5, 0.6) is 0 Å². The first-order valence-electron chi connectivity index (χ1n) is 45.8. The molecule has 0 saturated heterocycles. The monoisotopic (exact) mass is 1770 g/mol. The van der Waals surface area contributed by atoms with Crippen molar-refractivity contribution >= 4 is 140 Å². The average Bonchev–Trinajstić information content (AvgIpc) is 1.50. The molecule has 0 radical (unpaired) electrons. The number of carbonyl (C=O) groups excluding carboxylic acids is 1. The van der Waals surface area contributed by atoms with E-state index in [-0.39, 0.29) is 17.4 Å². The van der Waals surface area contributed by atoms with Crippen molar-refractivity contribution in [2.75, 3.05) is 6.61 Å². The van der Waals surface area contributed by atoms with Gasteiger partial charge in [0.05, 0.1) is 41.1 Å². The molecule has 0 N–H and O–H groups in total. The normalized spacial score (nSPS) is 13.2. The highest BCUT2D eigenvalue weighted by Gasteiger charge is 2.53. The van der Waals surface area contributed by atoms with Crippen LogP contribution in [0.2, 0.25) is 0 Å². The maximum atomic E-state index is 14.6. The van der Waals surface area contributed by atoms with Crippen LogP contribution in [0, 0.1) is 35.8 Å². The van der Waals surface area contributed by atoms with Gasteiger partial charge in [0.25, 0.3) is 0 Å². The molecule has 123 heavy (non-hydrogen) atoms. The van der Waals surface area contributed by atoms with Gasteiger partial charge >= 0.3 is 11.8 Å². The lowest BCUT2D eigenvalue weighted by molar-refractivity contribution is 0.0503. The van der Waals surface area contributed by atoms with E-state index >= 15 is 0 Å². The zero-order chi connectivity index (χ0) is 85.2. The molecule has 5 aromatic carbocycles. The second-order valence-electron chi connectivity index (χ2n) is 33.8. The maximum absolute atomic E-state index is 14.6. The molecule has 6 nitrogen and oxygen atoms in total. The molecule has 2 aliphatic rings. The molecule has 2 aliphatic carbocycles. The van der Waals surface area contributed by atoms with Crippen molar-refractivity contribution in [3.05, 3.63) is 285 Å². The quantitative estimate of drug-likeness (QED) is 0.0217. The molecule has 0 fully saturated rings. The van der Waals surface area contributed by atoms with E-state index in [4.69, 9.17) is 17.9 Å². The SMILES string of the molecule is [C-]#[N+]C([N+]#[C-])=c1cc/c(=C\c2sc(-c3cc4c(s3)-c3cc5c(cc3C4(c3ccc(CCCCCC)cc3)c3ccc(CCCCCC)cc3)-c3sc(-c4sc(/C=c6\ccc(=C(C#N)C#N)s6)c6cc(C(=O)OCCCCCCCC)sc46)cc3C5(c3ccc(CCCCCC)cc3)c3ccc(CCCCCC)cc3)c3sc(CCCCCCCC)cc23)s1. The van der Waals surface area contributed by atoms with Gasteiger partial charge in [0, 0.05) is 54.0 Å². The molecule has 0 atom stereocenters. The molecule has 0 saturated carbocycles. The number of nitrogens with zero attached hydrogens (tertiary/aromatic N) is 4. The fourth-order valence-corrected chi connectivity index (χ4v) is 28.5. The molecule has 0 unspecified atom stereocenters. The number of fused-ring (bicyclic) bond motifs is 8. The van der Waals surface area contributed by atoms with Gasteiger partial charge in [0.1, 0.15) is 40.3 Å². The van der Waals surface area contributed by atoms with Crippen LogP contribution in [0.25, 0.3) is 93.8 Å². The van der Waals surface area contributed by atoms with Crippen LogP contribution in [0.4, 0.5) is 0 Å². The van der Waals surface area contributed by atoms with E-state index in [1.807, 2.05) is 63.5 Å². The third kappa shape index (κ3) is 19.1. The first kappa shape index (κ1) is 89.0. The second kappa shape index (κ2) is 42.4. The Balaban J connectivity index is 1.00. The summed E-state index contributed by atoms with van der Waals surface area (Å²) in [6.45, 7) is 29.9. The standard InChI is InChI=1S/C109H114N4O2S8/c1-9-15-21-27-29-35-41-82-63-87-95(65-84-59-61-94(117-84)106(112-7)113-8)119-104(102(87)118-82)97-69-91-100(121-97)85-66-90-86(67-89(85)108(91,78-50-42-73(43-51-78)37-31-23-17-11-3)79-52-44-74(45-53-79)38-32-24-18-12-4)101-92(109(90,80-54-46-75(47-55-80)39-33-25-19-13-5)81-56-48-76(49-57-81)40-34-26-20-14-6)70-98(122-101)105-103-88(68-99(123-103)107(114)115-62-36-30-28-22-16-10-2)96(120-105)64-83-58-60-93(116-83)77(71-110)72-111/h42-61,63-70H,9-41,62H2,1-6H3/b83-64+,84-65+. The predicted octanol–water partition coefficient (Wildman–Crippen LogP) is 31.2. The van der Waals surface area contributed by atoms with Gasteiger partial charge in [-0.15, -0.1) is 90.7 Å². The second-order valence-corrected chi connectivity index (χ2v) is 42.5. The van der Waals surface area contributed by atoms with Crippen LogP contribution < -0.4 is 18.1 Å². The molecule has 0 spiro atoms. The number of hydrogen-bond acceptors (Lipinski definition) is 12. The summed E-state index contributed by atoms with van der Waals surface area (Å²) in [6.07, 6.45) is 42.9. The van der Waals surface area contributed by atoms with Gasteiger partial charge in [0.15, 0.2) is 0 Å². The topological polar surface area (TPSA) is 82.6 Å². The zero-order valence-corrected chi connectivity index (χ0v) is 79.1. The number of esters is 1. The summed E-state index contributed by atoms with van der Waals surface area (Å²) in [6, 6.07) is 66.9. The smallest absolute Gasteiger partial charge is 0.462 e. The number of aryl methyl sites for hydroxylation is 5. The first-order valence-corrected chi connectivity index (χ1v) is 52.3. The Morgan fingerprint density at radius 2 is 0.740 bits per heavy atom. The van der Waals surface area contributed by atoms with E-state index in [0.29, 0.717) is 20.5 Å². The molecule has 0 aliphatic heterocycles. The molecule has 14 heteroatoms. The molecular formula is C109H114N4O2S8. The summed E-state index contributed by atoms with van der Waals surface area (Å²) in [7, 11) is 0. The summed E-state index contributed by atoms with van der Waals surface area (Å²) >= 11 is 14.0. The van der Waals surface area contributed by atoms with Gasteiger partial charge in [-0.25, -0.2) is 4.79 Å². The minimum Gasteiger partial charge on any atom is -0.462 e. The third-order valence-electron chi connectivity index (χ3n) is 25.3. The summed E-state index contributed by atoms with van der Waals surface area (Å²) in [4.78, 5) is 33.5. The van der Waals surface area contributed by atoms with Crippen molar-refractivity contribution in [2.45, 2.75) is 264 Å². The lowest BCUT2D eigenvalue weighted by Crippen LogP contribution is -2.30. The van der Waals surface area contributed by atoms with E-state index in [0.717, 1.165) is 117 Å². The van der Waals surface area contributed by atoms with Crippen molar-refractivity contribution < 1.29 is 9.53 Å². The largest absolute Gasteiger partial charge is 0.536 e. The van der Waals surface area contributed by atoms with E-state index in [9.17, 15) is 15.3 Å². The number of nitriles is 2. The van der Waals surface area contributed by atoms with E-state index in [1.54, 1.807) is 22.7 Å². The first-order chi connectivity index (χ1) is 60.4. The average molecular weight is 1770 g/mol. The zero-order valence-electron chi connectivity index (χ0n) is 72.6. The highest BCUT2D eigenvalue weighted by molar-refractivity contribution is 7.31. The number of rotatable bonds is 43. The Kier molecular flexibility index (Phi) is 30.7. The minimum atomic E-state index is -0.798. The van der Waals surface area contributed by atoms with Gasteiger partial charge in [0.2, 0.25) is 0 Å². The number of hydrogen-bond donors (Lipinski definition) is 0. The van der Waals surface area contributed by atoms with Gasteiger partial charge < -0.3 is 4.74 Å². The van der Waals surface area contributed by atoms with Crippen LogP contribution in [-0.2, 0) is 47.7 Å². The lowest BCUT2D eigenvalue weighted by Gasteiger charge is -2.35. The van der Waals surface area contributed by atoms with Gasteiger partial charge in [-0.1, -0.05) is 280 Å². The molecule has 8 aromatic heterocycles. The summed E-state index contributed by atoms with van der Waals surface area (Å²) < 4.78 is 11.9. The van der Waals surface area contributed by atoms with Crippen LogP contribution in [0.1, 0.15) is 312 Å². The number of ether oxygens (including phenoxy) is 1. The number of thiophene rings is 8. The number of unbranched alkanes of at least 4 members (excludes halogenated alkanes) is 22. The maximum Gasteiger partial charge on any atom is 0.536 e. The molecule has 630 valence electrons. The summed E-state index contributed by atoms with van der Waals surface area (Å²) in [5.74, 6) is -0.174. The molecular weight excluding hydrogens is 1650 g/mol. The number of benzene rings is 5. The van der Waals surface area contributed by atoms with Gasteiger partial charge in [-0.3, -0.25) is 0 Å². The van der Waals surface area contributed by atoms with E-state index in [1.165, 1.54) is 268 Å². The Bertz CT molecular complexity index is 6150. The third-order valence-corrected chi connectivity index (χ3v) is 35.0. The van der Waals surface area contributed by atoms with Crippen LogP contribution in [-0.4, -0.2) is 12.6 Å². The summed E-state index contributed by atoms with van der Waals surface area (Å²) in [5, 5.41) is 22.4. The van der Waals surface area contributed by atoms with Gasteiger partial charge in [-0.2, -0.15) is 20.2 Å². The molecule has 15 rings (SSSR count). The van der Waals surface area contributed by atoms with Crippen molar-refractivity contribution in [3.8, 4) is 52.5 Å². The van der Waals surface area contributed by atoms with Crippen molar-refractivity contribution in [1.82, 2.24) is 0 Å². The van der Waals surface area contributed by atoms with Crippen LogP contribution in [0.3, 0.4) is 0 Å². The predicted molar refractivity (Wildman–Crippen MR) is 532 cm³/mol. The Morgan fingerprint density at radius 1 is 0.374 bits per heavy atom. The Morgan fingerprint density at radius 3 is 1.15 bits per heavy atom. The van der Waals surface area contributed by atoms with Crippen molar-refractivity contribution in [2.24, 2.45) is 0 Å². The molecule has 0 bridgehead atoms. The van der Waals surface area contributed by atoms with Crippen LogP contribution >= 0.6 is 90.7 Å². The minimum absolute atomic E-state index is 0.0962. The summed E-state index contributed by atoms with van der Waals surface area (Å²) in [5.41, 5.74) is 16.7. The van der Waals surface area contributed by atoms with E-state index < -0.39 is 10.8 Å². The molecule has 0 amide bonds. The highest BCUT2D eigenvalue weighted by Crippen LogP contribution is 2.67. The van der Waals surface area contributed by atoms with Crippen LogP contribution in [0.15, 0.2) is 158 Å². The molecule has 8 heterocycles. The van der Waals surface area contributed by atoms with Gasteiger partial charge in [-0.05, 0) is 221 Å². The number of carbonyl (C=O) groups is 1. The Hall–Kier alpha value is -8.87. The highest BCUT2D eigenvalue weighted by atomic mass is 32.1. The fraction of sp³-hybridized carbons (Fsp3) is 0.385. The fourth-order valence-electron chi connectivity index (χ4n) is 18.7. The lowest BCUT2D eigenvalue weighted by atomic mass is 9.65.